The zero-order chi connectivity index (χ0) is 19.1. The fourth-order valence-corrected chi connectivity index (χ4v) is 1.84. The van der Waals surface area contributed by atoms with Gasteiger partial charge in [-0.25, -0.2) is 5.11 Å². The van der Waals surface area contributed by atoms with Gasteiger partial charge in [-0.15, -0.1) is 0 Å². The maximum Gasteiger partial charge on any atom is 0.458 e. The molecule has 0 aliphatic rings. The Morgan fingerprint density at radius 1 is 0.833 bits per heavy atom. The molecule has 1 aromatic carbocycles. The highest BCUT2D eigenvalue weighted by Crippen LogP contribution is 2.50. The van der Waals surface area contributed by atoms with Crippen molar-refractivity contribution in [3.63, 3.8) is 0 Å². The van der Waals surface area contributed by atoms with E-state index in [-0.39, 0.29) is 12.1 Å². The van der Waals surface area contributed by atoms with E-state index in [2.05, 4.69) is 0 Å². The quantitative estimate of drug-likeness (QED) is 0.590. The van der Waals surface area contributed by atoms with Gasteiger partial charge in [0, 0.05) is 11.1 Å². The Labute approximate surface area is 128 Å². The van der Waals surface area contributed by atoms with Gasteiger partial charge in [-0.05, 0) is 18.1 Å². The molecule has 0 fully saturated rings. The van der Waals surface area contributed by atoms with E-state index in [0.717, 1.165) is 6.92 Å². The van der Waals surface area contributed by atoms with E-state index in [4.69, 9.17) is 0 Å². The van der Waals surface area contributed by atoms with Crippen molar-refractivity contribution in [1.82, 2.24) is 0 Å². The van der Waals surface area contributed by atoms with Crippen LogP contribution in [-0.4, -0.2) is 12.4 Å². The Balaban J connectivity index is 3.68. The van der Waals surface area contributed by atoms with Gasteiger partial charge in [-0.2, -0.15) is 43.9 Å². The van der Waals surface area contributed by atoms with E-state index >= 15 is 0 Å². The van der Waals surface area contributed by atoms with E-state index in [1.54, 1.807) is 0 Å². The van der Waals surface area contributed by atoms with Crippen molar-refractivity contribution in [2.75, 3.05) is 0 Å². The molecular weight excluding hydrogens is 362 g/mol. The molecule has 0 saturated carbocycles. The Hall–Kier alpha value is -1.52. The molecule has 1 atom stereocenters. The van der Waals surface area contributed by atoms with Crippen LogP contribution in [-0.2, 0) is 17.0 Å². The highest BCUT2D eigenvalue weighted by molar-refractivity contribution is 5.39. The Morgan fingerprint density at radius 2 is 1.29 bits per heavy atom. The molecule has 0 amide bonds. The third-order valence-electron chi connectivity index (χ3n) is 3.18. The Kier molecular flexibility index (Phi) is 5.20. The monoisotopic (exact) mass is 371 g/mol. The third-order valence-corrected chi connectivity index (χ3v) is 3.18. The van der Waals surface area contributed by atoms with Gasteiger partial charge in [0.25, 0.3) is 0 Å². The minimum Gasteiger partial charge on any atom is -0.228 e. The predicted octanol–water partition coefficient (Wildman–Crippen LogP) is 5.88. The molecule has 0 aromatic heterocycles. The molecule has 0 saturated heterocycles. The second-order valence-electron chi connectivity index (χ2n) is 4.84. The standard InChI is InChI=1S/C13H9F10O/c1-2-9(24)7-4-3-6(10(14,15)12(18,19)20)5-8(7)11(16,17)13(21,22)23/h3-5,9H,2H2,1H3. The molecule has 137 valence electrons. The molecule has 1 radical (unpaired) electrons. The summed E-state index contributed by atoms with van der Waals surface area (Å²) in [4.78, 5) is 0. The molecule has 0 bridgehead atoms. The smallest absolute Gasteiger partial charge is 0.228 e. The minimum atomic E-state index is -6.28. The first kappa shape index (κ1) is 20.5. The largest absolute Gasteiger partial charge is 0.458 e. The molecule has 0 heterocycles. The summed E-state index contributed by atoms with van der Waals surface area (Å²) in [6.07, 6.45) is -15.1. The van der Waals surface area contributed by atoms with E-state index in [1.807, 2.05) is 0 Å². The lowest BCUT2D eigenvalue weighted by Crippen LogP contribution is -2.37. The normalized spacial score (nSPS) is 15.5. The molecule has 24 heavy (non-hydrogen) atoms. The number of halogens is 10. The summed E-state index contributed by atoms with van der Waals surface area (Å²) < 4.78 is 128. The fourth-order valence-electron chi connectivity index (χ4n) is 1.84. The topological polar surface area (TPSA) is 19.9 Å². The summed E-state index contributed by atoms with van der Waals surface area (Å²) in [6, 6.07) is -0.457. The maximum absolute atomic E-state index is 13.5. The summed E-state index contributed by atoms with van der Waals surface area (Å²) >= 11 is 0. The second-order valence-corrected chi connectivity index (χ2v) is 4.84. The summed E-state index contributed by atoms with van der Waals surface area (Å²) in [5, 5.41) is 11.5. The first-order valence-corrected chi connectivity index (χ1v) is 6.27. The van der Waals surface area contributed by atoms with Crippen LogP contribution >= 0.6 is 0 Å². The van der Waals surface area contributed by atoms with Crippen molar-refractivity contribution in [1.29, 1.82) is 0 Å². The lowest BCUT2D eigenvalue weighted by atomic mass is 9.92. The van der Waals surface area contributed by atoms with Crippen LogP contribution in [0, 0.1) is 0 Å². The van der Waals surface area contributed by atoms with Gasteiger partial charge in [0.15, 0.2) is 0 Å². The average molecular weight is 371 g/mol. The van der Waals surface area contributed by atoms with Crippen molar-refractivity contribution in [3.8, 4) is 0 Å². The average Bonchev–Trinajstić information content (AvgIpc) is 2.43. The number of hydrogen-bond acceptors (Lipinski definition) is 0. The molecule has 0 aliphatic heterocycles. The van der Waals surface area contributed by atoms with Gasteiger partial charge in [0.1, 0.15) is 6.10 Å². The molecule has 0 spiro atoms. The van der Waals surface area contributed by atoms with Crippen molar-refractivity contribution >= 4 is 0 Å². The Bertz CT molecular complexity index is 587. The number of hydrogen-bond donors (Lipinski definition) is 0. The molecule has 1 unspecified atom stereocenters. The van der Waals surface area contributed by atoms with Crippen LogP contribution in [0.25, 0.3) is 0 Å². The van der Waals surface area contributed by atoms with E-state index in [9.17, 15) is 49.0 Å². The third kappa shape index (κ3) is 3.45. The van der Waals surface area contributed by atoms with Gasteiger partial charge in [0.05, 0.1) is 0 Å². The second kappa shape index (κ2) is 6.08. The van der Waals surface area contributed by atoms with E-state index < -0.39 is 59.5 Å². The SMILES string of the molecule is CCC([O])c1ccc(C(F)(F)C(F)(F)F)cc1C(F)(F)C(F)(F)F. The van der Waals surface area contributed by atoms with Crippen LogP contribution in [0.15, 0.2) is 18.2 Å². The van der Waals surface area contributed by atoms with Gasteiger partial charge in [-0.1, -0.05) is 19.1 Å². The summed E-state index contributed by atoms with van der Waals surface area (Å²) in [7, 11) is 0. The molecule has 11 heteroatoms. The van der Waals surface area contributed by atoms with Crippen molar-refractivity contribution in [2.24, 2.45) is 0 Å². The zero-order valence-corrected chi connectivity index (χ0v) is 11.7. The van der Waals surface area contributed by atoms with Crippen LogP contribution < -0.4 is 0 Å². The van der Waals surface area contributed by atoms with Gasteiger partial charge in [-0.3, -0.25) is 0 Å². The molecular formula is C13H9F10O. The van der Waals surface area contributed by atoms with Gasteiger partial charge < -0.3 is 0 Å². The van der Waals surface area contributed by atoms with Gasteiger partial charge >= 0.3 is 24.2 Å². The molecule has 1 rings (SSSR count). The number of alkyl halides is 10. The molecule has 1 nitrogen and oxygen atoms in total. The van der Waals surface area contributed by atoms with Crippen LogP contribution in [0.3, 0.4) is 0 Å². The molecule has 0 N–H and O–H groups in total. The van der Waals surface area contributed by atoms with Crippen LogP contribution in [0.2, 0.25) is 0 Å². The van der Waals surface area contributed by atoms with E-state index in [0.29, 0.717) is 0 Å². The summed E-state index contributed by atoms with van der Waals surface area (Å²) in [5.74, 6) is -11.4. The van der Waals surface area contributed by atoms with Crippen molar-refractivity contribution in [3.05, 3.63) is 34.9 Å². The lowest BCUT2D eigenvalue weighted by molar-refractivity contribution is -0.292. The van der Waals surface area contributed by atoms with Gasteiger partial charge in [0.2, 0.25) is 0 Å². The number of rotatable bonds is 4. The summed E-state index contributed by atoms with van der Waals surface area (Å²) in [6.45, 7) is 1.13. The molecule has 1 aromatic rings. The van der Waals surface area contributed by atoms with Crippen LogP contribution in [0.1, 0.15) is 36.1 Å². The fraction of sp³-hybridized carbons (Fsp3) is 0.538. The van der Waals surface area contributed by atoms with Crippen LogP contribution in [0.4, 0.5) is 43.9 Å². The maximum atomic E-state index is 13.5. The first-order chi connectivity index (χ1) is 10.6. The zero-order valence-electron chi connectivity index (χ0n) is 11.7. The van der Waals surface area contributed by atoms with Crippen molar-refractivity contribution < 1.29 is 49.0 Å². The molecule has 0 aliphatic carbocycles. The highest BCUT2D eigenvalue weighted by Gasteiger charge is 2.62. The first-order valence-electron chi connectivity index (χ1n) is 6.27. The Morgan fingerprint density at radius 3 is 1.67 bits per heavy atom. The number of benzene rings is 1. The van der Waals surface area contributed by atoms with Crippen molar-refractivity contribution in [2.45, 2.75) is 43.6 Å². The van der Waals surface area contributed by atoms with E-state index in [1.165, 1.54) is 0 Å². The minimum absolute atomic E-state index is 0.0132. The predicted molar refractivity (Wildman–Crippen MR) is 60.1 cm³/mol. The summed E-state index contributed by atoms with van der Waals surface area (Å²) in [5.41, 5.74) is -5.51. The highest BCUT2D eigenvalue weighted by atomic mass is 19.4. The lowest BCUT2D eigenvalue weighted by Gasteiger charge is -2.26. The van der Waals surface area contributed by atoms with Crippen LogP contribution in [0.5, 0.6) is 0 Å².